The number of hydrogen-bond donors (Lipinski definition) is 1. The summed E-state index contributed by atoms with van der Waals surface area (Å²) in [5.74, 6) is -0.290. The maximum Gasteiger partial charge on any atom is 0.337 e. The molecule has 172 valence electrons. The highest BCUT2D eigenvalue weighted by molar-refractivity contribution is 6.00. The van der Waals surface area contributed by atoms with Crippen LogP contribution in [0.2, 0.25) is 0 Å². The first-order valence-electron chi connectivity index (χ1n) is 11.0. The van der Waals surface area contributed by atoms with E-state index in [2.05, 4.69) is 17.3 Å². The third-order valence-corrected chi connectivity index (χ3v) is 6.14. The van der Waals surface area contributed by atoms with Gasteiger partial charge in [-0.1, -0.05) is 6.07 Å². The van der Waals surface area contributed by atoms with Gasteiger partial charge in [-0.15, -0.1) is 0 Å². The zero-order chi connectivity index (χ0) is 22.8. The molecule has 0 amide bonds. The Bertz CT molecular complexity index is 975. The first kappa shape index (κ1) is 22.2. The van der Waals surface area contributed by atoms with Crippen LogP contribution in [0.25, 0.3) is 0 Å². The minimum atomic E-state index is -0.636. The zero-order valence-corrected chi connectivity index (χ0v) is 19.0. The van der Waals surface area contributed by atoms with Crippen LogP contribution in [0.15, 0.2) is 40.7 Å². The van der Waals surface area contributed by atoms with E-state index >= 15 is 0 Å². The van der Waals surface area contributed by atoms with Gasteiger partial charge in [0.1, 0.15) is 6.10 Å². The number of nitrogens with zero attached hydrogens (tertiary/aromatic N) is 1. The average molecular weight is 443 g/mol. The molecule has 1 fully saturated rings. The van der Waals surface area contributed by atoms with Crippen molar-refractivity contribution in [2.45, 2.75) is 45.6 Å². The Morgan fingerprint density at radius 2 is 1.72 bits per heavy atom. The Labute approximate surface area is 188 Å². The third kappa shape index (κ3) is 4.32. The molecule has 1 aromatic rings. The van der Waals surface area contributed by atoms with E-state index in [0.29, 0.717) is 34.0 Å². The normalized spacial score (nSPS) is 21.4. The number of hydrogen-bond acceptors (Lipinski definition) is 8. The molecule has 0 spiro atoms. The Balaban J connectivity index is 1.71. The molecular formula is C24H30N2O6. The third-order valence-electron chi connectivity index (χ3n) is 6.14. The van der Waals surface area contributed by atoms with Crippen LogP contribution < -0.4 is 14.8 Å². The Morgan fingerprint density at radius 3 is 2.41 bits per heavy atom. The molecule has 32 heavy (non-hydrogen) atoms. The molecule has 8 nitrogen and oxygen atoms in total. The molecule has 0 aliphatic carbocycles. The number of piperidine rings is 1. The van der Waals surface area contributed by atoms with Gasteiger partial charge in [-0.2, -0.15) is 0 Å². The molecule has 0 bridgehead atoms. The second-order valence-electron chi connectivity index (χ2n) is 8.38. The number of nitrogens with one attached hydrogen (secondary N) is 1. The van der Waals surface area contributed by atoms with E-state index < -0.39 is 17.9 Å². The lowest BCUT2D eigenvalue weighted by molar-refractivity contribution is -0.146. The predicted molar refractivity (Wildman–Crippen MR) is 117 cm³/mol. The molecule has 3 aliphatic rings. The lowest BCUT2D eigenvalue weighted by Gasteiger charge is -2.33. The van der Waals surface area contributed by atoms with Crippen molar-refractivity contribution in [1.82, 2.24) is 10.2 Å². The van der Waals surface area contributed by atoms with E-state index in [1.807, 2.05) is 26.0 Å². The van der Waals surface area contributed by atoms with Crippen molar-refractivity contribution in [2.75, 3.05) is 33.5 Å². The minimum absolute atomic E-state index is 0.143. The van der Waals surface area contributed by atoms with E-state index in [9.17, 15) is 9.59 Å². The maximum absolute atomic E-state index is 13.4. The molecule has 1 saturated heterocycles. The van der Waals surface area contributed by atoms with Gasteiger partial charge < -0.3 is 29.2 Å². The number of carbonyl (C=O) groups excluding carboxylic acids is 2. The summed E-state index contributed by atoms with van der Waals surface area (Å²) in [7, 11) is 2.06. The zero-order valence-electron chi connectivity index (χ0n) is 19.0. The second kappa shape index (κ2) is 9.24. The van der Waals surface area contributed by atoms with Gasteiger partial charge in [-0.25, -0.2) is 9.59 Å². The number of benzene rings is 1. The van der Waals surface area contributed by atoms with Crippen molar-refractivity contribution in [2.24, 2.45) is 0 Å². The van der Waals surface area contributed by atoms with Gasteiger partial charge >= 0.3 is 11.9 Å². The van der Waals surface area contributed by atoms with Gasteiger partial charge in [0.2, 0.25) is 6.79 Å². The average Bonchev–Trinajstić information content (AvgIpc) is 3.22. The van der Waals surface area contributed by atoms with E-state index in [4.69, 9.17) is 18.9 Å². The summed E-state index contributed by atoms with van der Waals surface area (Å²) >= 11 is 0. The van der Waals surface area contributed by atoms with Gasteiger partial charge in [0.05, 0.1) is 23.7 Å². The second-order valence-corrected chi connectivity index (χ2v) is 8.38. The van der Waals surface area contributed by atoms with Gasteiger partial charge in [0, 0.05) is 24.5 Å². The van der Waals surface area contributed by atoms with E-state index in [1.165, 1.54) is 0 Å². The van der Waals surface area contributed by atoms with E-state index in [-0.39, 0.29) is 19.5 Å². The summed E-state index contributed by atoms with van der Waals surface area (Å²) in [5.41, 5.74) is 2.87. The topological polar surface area (TPSA) is 86.3 Å². The van der Waals surface area contributed by atoms with Crippen LogP contribution in [0.4, 0.5) is 0 Å². The molecule has 1 N–H and O–H groups in total. The van der Waals surface area contributed by atoms with Gasteiger partial charge in [0.15, 0.2) is 11.5 Å². The highest BCUT2D eigenvalue weighted by Gasteiger charge is 2.39. The van der Waals surface area contributed by atoms with Crippen LogP contribution in [0, 0.1) is 0 Å². The molecule has 1 unspecified atom stereocenters. The number of carbonyl (C=O) groups is 2. The number of allylic oxidation sites excluding steroid dienone is 2. The summed E-state index contributed by atoms with van der Waals surface area (Å²) < 4.78 is 22.3. The number of fused-ring (bicyclic) bond motifs is 1. The number of ether oxygens (including phenoxy) is 4. The summed E-state index contributed by atoms with van der Waals surface area (Å²) in [6.07, 6.45) is 1.43. The molecule has 4 rings (SSSR count). The van der Waals surface area contributed by atoms with E-state index in [0.717, 1.165) is 31.5 Å². The van der Waals surface area contributed by atoms with Crippen molar-refractivity contribution in [3.8, 4) is 11.5 Å². The predicted octanol–water partition coefficient (Wildman–Crippen LogP) is 2.85. The van der Waals surface area contributed by atoms with Crippen LogP contribution in [-0.4, -0.2) is 56.5 Å². The van der Waals surface area contributed by atoms with Crippen LogP contribution in [0.3, 0.4) is 0 Å². The highest BCUT2D eigenvalue weighted by Crippen LogP contribution is 2.43. The minimum Gasteiger partial charge on any atom is -0.463 e. The molecule has 3 aliphatic heterocycles. The Hall–Kier alpha value is -3.00. The molecule has 1 aromatic carbocycles. The largest absolute Gasteiger partial charge is 0.463 e. The van der Waals surface area contributed by atoms with Crippen molar-refractivity contribution in [3.05, 3.63) is 46.3 Å². The fourth-order valence-electron chi connectivity index (χ4n) is 4.49. The van der Waals surface area contributed by atoms with Crippen molar-refractivity contribution in [1.29, 1.82) is 0 Å². The molecule has 0 aromatic heterocycles. The van der Waals surface area contributed by atoms with Gasteiger partial charge in [-0.3, -0.25) is 0 Å². The summed E-state index contributed by atoms with van der Waals surface area (Å²) in [6.45, 7) is 7.55. The first-order chi connectivity index (χ1) is 15.4. The van der Waals surface area contributed by atoms with Gasteiger partial charge in [-0.05, 0) is 58.4 Å². The first-order valence-corrected chi connectivity index (χ1v) is 11.0. The molecule has 0 saturated carbocycles. The number of esters is 2. The summed E-state index contributed by atoms with van der Waals surface area (Å²) in [6, 6.07) is 5.47. The number of dihydropyridines is 1. The SMILES string of the molecule is CCOC(=O)C1=C(C)NC(C)=C(C(=O)OC2CCN(C)CC2)C1c1ccc2c(c1)OCO2. The van der Waals surface area contributed by atoms with Crippen LogP contribution >= 0.6 is 0 Å². The van der Waals surface area contributed by atoms with Crippen molar-refractivity contribution >= 4 is 11.9 Å². The lowest BCUT2D eigenvalue weighted by Crippen LogP contribution is -2.37. The fraction of sp³-hybridized carbons (Fsp3) is 0.500. The lowest BCUT2D eigenvalue weighted by atomic mass is 9.80. The maximum atomic E-state index is 13.4. The summed E-state index contributed by atoms with van der Waals surface area (Å²) in [5, 5.41) is 3.19. The van der Waals surface area contributed by atoms with Crippen molar-refractivity contribution in [3.63, 3.8) is 0 Å². The van der Waals surface area contributed by atoms with Crippen LogP contribution in [0.5, 0.6) is 11.5 Å². The molecule has 0 radical (unpaired) electrons. The summed E-state index contributed by atoms with van der Waals surface area (Å²) in [4.78, 5) is 28.6. The Kier molecular flexibility index (Phi) is 6.41. The van der Waals surface area contributed by atoms with E-state index in [1.54, 1.807) is 13.0 Å². The molecule has 3 heterocycles. The van der Waals surface area contributed by atoms with Crippen LogP contribution in [-0.2, 0) is 19.1 Å². The van der Waals surface area contributed by atoms with Crippen LogP contribution in [0.1, 0.15) is 45.1 Å². The quantitative estimate of drug-likeness (QED) is 0.697. The van der Waals surface area contributed by atoms with Gasteiger partial charge in [0.25, 0.3) is 0 Å². The standard InChI is InChI=1S/C24H30N2O6/c1-5-29-23(27)20-14(2)25-15(3)21(24(28)32-17-8-10-26(4)11-9-17)22(20)16-6-7-18-19(12-16)31-13-30-18/h6-7,12,17,22,25H,5,8-11,13H2,1-4H3. The Morgan fingerprint density at radius 1 is 1.06 bits per heavy atom. The monoisotopic (exact) mass is 442 g/mol. The molecule has 1 atom stereocenters. The smallest absolute Gasteiger partial charge is 0.337 e. The number of rotatable bonds is 5. The fourth-order valence-corrected chi connectivity index (χ4v) is 4.49. The highest BCUT2D eigenvalue weighted by atomic mass is 16.7. The molecular weight excluding hydrogens is 412 g/mol. The molecule has 8 heteroatoms. The number of likely N-dealkylation sites (tertiary alicyclic amines) is 1. The van der Waals surface area contributed by atoms with Crippen molar-refractivity contribution < 1.29 is 28.5 Å².